The number of hydrogen-bond acceptors (Lipinski definition) is 7. The Bertz CT molecular complexity index is 1090. The molecule has 1 aliphatic heterocycles. The Hall–Kier alpha value is -3.11. The maximum atomic E-state index is 12.7. The normalized spacial score (nSPS) is 13.7. The van der Waals surface area contributed by atoms with Gasteiger partial charge in [-0.05, 0) is 43.5 Å². The molecule has 0 bridgehead atoms. The molecule has 9 nitrogen and oxygen atoms in total. The third-order valence-corrected chi connectivity index (χ3v) is 5.98. The molecule has 1 saturated heterocycles. The average Bonchev–Trinajstić information content (AvgIpc) is 3.22. The van der Waals surface area contributed by atoms with E-state index in [1.54, 1.807) is 30.3 Å². The summed E-state index contributed by atoms with van der Waals surface area (Å²) in [6.45, 7) is 2.74. The van der Waals surface area contributed by atoms with E-state index in [0.29, 0.717) is 24.5 Å². The predicted molar refractivity (Wildman–Crippen MR) is 115 cm³/mol. The molecular formula is C21H25N3O6S. The third-order valence-electron chi connectivity index (χ3n) is 4.92. The lowest BCUT2D eigenvalue weighted by molar-refractivity contribution is 0.0572. The second-order valence-corrected chi connectivity index (χ2v) is 8.93. The van der Waals surface area contributed by atoms with Gasteiger partial charge in [-0.2, -0.15) is 0 Å². The molecule has 0 spiro atoms. The number of ether oxygens (including phenoxy) is 2. The van der Waals surface area contributed by atoms with Gasteiger partial charge in [-0.15, -0.1) is 0 Å². The van der Waals surface area contributed by atoms with E-state index in [-0.39, 0.29) is 21.8 Å². The minimum Gasteiger partial charge on any atom is -0.454 e. The van der Waals surface area contributed by atoms with Crippen LogP contribution in [0.5, 0.6) is 11.5 Å². The van der Waals surface area contributed by atoms with E-state index in [0.717, 1.165) is 17.7 Å². The summed E-state index contributed by atoms with van der Waals surface area (Å²) in [6, 6.07) is 10.2. The summed E-state index contributed by atoms with van der Waals surface area (Å²) in [5.74, 6) is -0.498. The fourth-order valence-corrected chi connectivity index (χ4v) is 4.34. The molecule has 1 fully saturated rings. The van der Waals surface area contributed by atoms with Crippen molar-refractivity contribution in [2.45, 2.75) is 24.7 Å². The first-order chi connectivity index (χ1) is 14.6. The van der Waals surface area contributed by atoms with Crippen molar-refractivity contribution >= 4 is 27.8 Å². The van der Waals surface area contributed by atoms with Crippen LogP contribution >= 0.6 is 0 Å². The molecule has 3 rings (SSSR count). The largest absolute Gasteiger partial charge is 0.454 e. The van der Waals surface area contributed by atoms with Crippen molar-refractivity contribution in [1.82, 2.24) is 4.90 Å². The van der Waals surface area contributed by atoms with Gasteiger partial charge in [0.15, 0.2) is 5.75 Å². The first-order valence-corrected chi connectivity index (χ1v) is 11.3. The Morgan fingerprint density at radius 3 is 2.26 bits per heavy atom. The van der Waals surface area contributed by atoms with Crippen LogP contribution in [-0.2, 0) is 14.8 Å². The number of esters is 1. The number of nitrogens with zero attached hydrogens (tertiary/aromatic N) is 2. The van der Waals surface area contributed by atoms with Crippen LogP contribution in [0.2, 0.25) is 0 Å². The lowest BCUT2D eigenvalue weighted by Crippen LogP contribution is -2.27. The predicted octanol–water partition coefficient (Wildman–Crippen LogP) is 2.87. The van der Waals surface area contributed by atoms with Gasteiger partial charge < -0.3 is 19.3 Å². The maximum absolute atomic E-state index is 12.7. The smallest absolute Gasteiger partial charge is 0.417 e. The summed E-state index contributed by atoms with van der Waals surface area (Å²) in [5, 5.41) is 5.54. The summed E-state index contributed by atoms with van der Waals surface area (Å²) in [5.41, 5.74) is 0.384. The van der Waals surface area contributed by atoms with Gasteiger partial charge in [-0.1, -0.05) is 18.2 Å². The second kappa shape index (κ2) is 8.94. The first-order valence-electron chi connectivity index (χ1n) is 9.71. The second-order valence-electron chi connectivity index (χ2n) is 7.43. The zero-order valence-corrected chi connectivity index (χ0v) is 18.4. The van der Waals surface area contributed by atoms with E-state index in [4.69, 9.17) is 14.6 Å². The molecule has 2 aromatic rings. The van der Waals surface area contributed by atoms with Crippen LogP contribution in [0.4, 0.5) is 10.5 Å². The number of para-hydroxylation sites is 1. The summed E-state index contributed by atoms with van der Waals surface area (Å²) < 4.78 is 36.0. The van der Waals surface area contributed by atoms with Crippen molar-refractivity contribution in [2.24, 2.45) is 5.14 Å². The Balaban J connectivity index is 2.22. The van der Waals surface area contributed by atoms with E-state index in [9.17, 15) is 18.0 Å². The number of anilines is 1. The van der Waals surface area contributed by atoms with Crippen molar-refractivity contribution < 1.29 is 27.5 Å². The van der Waals surface area contributed by atoms with Crippen LogP contribution < -0.4 is 14.8 Å². The van der Waals surface area contributed by atoms with Crippen LogP contribution in [0.1, 0.15) is 28.8 Å². The number of hydrogen-bond donors (Lipinski definition) is 1. The molecule has 1 amide bonds. The summed E-state index contributed by atoms with van der Waals surface area (Å²) in [6.07, 6.45) is 0.943. The summed E-state index contributed by atoms with van der Waals surface area (Å²) in [7, 11) is -1.42. The van der Waals surface area contributed by atoms with Gasteiger partial charge in [0.2, 0.25) is 10.0 Å². The van der Waals surface area contributed by atoms with E-state index in [1.807, 2.05) is 4.90 Å². The van der Waals surface area contributed by atoms with E-state index in [1.165, 1.54) is 27.1 Å². The number of primary sulfonamides is 1. The monoisotopic (exact) mass is 447 g/mol. The first kappa shape index (κ1) is 22.6. The quantitative estimate of drug-likeness (QED) is 0.553. The van der Waals surface area contributed by atoms with Crippen LogP contribution in [-0.4, -0.2) is 52.6 Å². The number of sulfonamides is 1. The van der Waals surface area contributed by atoms with Gasteiger partial charge >= 0.3 is 12.1 Å². The van der Waals surface area contributed by atoms with Gasteiger partial charge in [0.25, 0.3) is 0 Å². The minimum atomic E-state index is -4.29. The SMILES string of the molecule is Cc1c(C(=O)OC(=O)N(C)C)cc(N2CCCC2)c(Oc2ccccc2)c1S(N)(=O)=O. The molecule has 166 valence electrons. The molecule has 0 aliphatic carbocycles. The van der Waals surface area contributed by atoms with Crippen molar-refractivity contribution in [1.29, 1.82) is 0 Å². The maximum Gasteiger partial charge on any atom is 0.417 e. The van der Waals surface area contributed by atoms with Crippen LogP contribution in [0.3, 0.4) is 0 Å². The Kier molecular flexibility index (Phi) is 6.51. The van der Waals surface area contributed by atoms with E-state index >= 15 is 0 Å². The minimum absolute atomic E-state index is 0.0450. The topological polar surface area (TPSA) is 119 Å². The fraction of sp³-hybridized carbons (Fsp3) is 0.333. The number of benzene rings is 2. The Labute approximate surface area is 181 Å². The van der Waals surface area contributed by atoms with E-state index < -0.39 is 22.1 Å². The molecule has 0 unspecified atom stereocenters. The number of carbonyl (C=O) groups is 2. The highest BCUT2D eigenvalue weighted by molar-refractivity contribution is 7.89. The molecule has 1 heterocycles. The molecule has 0 aromatic heterocycles. The molecule has 0 saturated carbocycles. The molecule has 31 heavy (non-hydrogen) atoms. The lowest BCUT2D eigenvalue weighted by Gasteiger charge is -2.25. The fourth-order valence-electron chi connectivity index (χ4n) is 3.40. The van der Waals surface area contributed by atoms with Gasteiger partial charge in [-0.25, -0.2) is 23.1 Å². The molecule has 0 atom stereocenters. The highest BCUT2D eigenvalue weighted by atomic mass is 32.2. The van der Waals surface area contributed by atoms with Crippen LogP contribution in [0, 0.1) is 6.92 Å². The average molecular weight is 448 g/mol. The summed E-state index contributed by atoms with van der Waals surface area (Å²) >= 11 is 0. The van der Waals surface area contributed by atoms with Gasteiger partial charge in [0, 0.05) is 27.2 Å². The van der Waals surface area contributed by atoms with Crippen LogP contribution in [0.25, 0.3) is 0 Å². The molecule has 0 radical (unpaired) electrons. The lowest BCUT2D eigenvalue weighted by atomic mass is 10.1. The van der Waals surface area contributed by atoms with Crippen LogP contribution in [0.15, 0.2) is 41.3 Å². The van der Waals surface area contributed by atoms with Gasteiger partial charge in [0.05, 0.1) is 11.3 Å². The highest BCUT2D eigenvalue weighted by Gasteiger charge is 2.31. The molecule has 2 N–H and O–H groups in total. The highest BCUT2D eigenvalue weighted by Crippen LogP contribution is 2.42. The standard InChI is InChI=1S/C21H25N3O6S/c1-14-16(20(25)30-21(26)23(2)3)13-17(24-11-7-8-12-24)18(19(14)31(22,27)28)29-15-9-5-4-6-10-15/h4-6,9-10,13H,7-8,11-12H2,1-3H3,(H2,22,27,28). The molecule has 2 aromatic carbocycles. The third kappa shape index (κ3) is 4.97. The van der Waals surface area contributed by atoms with Crippen molar-refractivity contribution in [3.8, 4) is 11.5 Å². The van der Waals surface area contributed by atoms with Gasteiger partial charge in [0.1, 0.15) is 10.6 Å². The zero-order chi connectivity index (χ0) is 22.8. The van der Waals surface area contributed by atoms with Gasteiger partial charge in [-0.3, -0.25) is 0 Å². The van der Waals surface area contributed by atoms with Crippen molar-refractivity contribution in [3.05, 3.63) is 47.5 Å². The number of carbonyl (C=O) groups excluding carboxylic acids is 2. The summed E-state index contributed by atoms with van der Waals surface area (Å²) in [4.78, 5) is 27.3. The Morgan fingerprint density at radius 1 is 1.10 bits per heavy atom. The molecule has 10 heteroatoms. The molecular weight excluding hydrogens is 422 g/mol. The number of nitrogens with two attached hydrogens (primary N) is 1. The number of rotatable bonds is 5. The van der Waals surface area contributed by atoms with Crippen molar-refractivity contribution in [2.75, 3.05) is 32.1 Å². The zero-order valence-electron chi connectivity index (χ0n) is 17.6. The Morgan fingerprint density at radius 2 is 1.71 bits per heavy atom. The molecule has 1 aliphatic rings. The van der Waals surface area contributed by atoms with E-state index in [2.05, 4.69) is 0 Å². The number of amides is 1. The van der Waals surface area contributed by atoms with Crippen molar-refractivity contribution in [3.63, 3.8) is 0 Å².